The summed E-state index contributed by atoms with van der Waals surface area (Å²) in [5, 5.41) is 3.20. The molecule has 0 aliphatic heterocycles. The predicted molar refractivity (Wildman–Crippen MR) is 75.5 cm³/mol. The van der Waals surface area contributed by atoms with E-state index in [4.69, 9.17) is 15.2 Å². The molecule has 0 radical (unpaired) electrons. The SMILES string of the molecule is COc1ccc(CNc2cc(N)ccn2)c(OC)c1. The number of methoxy groups -OCH3 is 2. The molecule has 100 valence electrons. The van der Waals surface area contributed by atoms with E-state index in [0.29, 0.717) is 12.2 Å². The van der Waals surface area contributed by atoms with E-state index < -0.39 is 0 Å². The van der Waals surface area contributed by atoms with Crippen molar-refractivity contribution in [2.75, 3.05) is 25.3 Å². The summed E-state index contributed by atoms with van der Waals surface area (Å²) in [5.74, 6) is 2.27. The Labute approximate surface area is 112 Å². The van der Waals surface area contributed by atoms with Gasteiger partial charge in [0.05, 0.1) is 14.2 Å². The molecule has 5 nitrogen and oxygen atoms in total. The average Bonchev–Trinajstić information content (AvgIpc) is 2.45. The summed E-state index contributed by atoms with van der Waals surface area (Å²) in [6, 6.07) is 9.24. The van der Waals surface area contributed by atoms with E-state index in [0.717, 1.165) is 22.9 Å². The Bertz CT molecular complexity index is 558. The van der Waals surface area contributed by atoms with Crippen molar-refractivity contribution in [1.29, 1.82) is 0 Å². The average molecular weight is 259 g/mol. The number of pyridine rings is 1. The Morgan fingerprint density at radius 1 is 1.16 bits per heavy atom. The normalized spacial score (nSPS) is 10.0. The molecule has 5 heteroatoms. The predicted octanol–water partition coefficient (Wildman–Crippen LogP) is 2.29. The quantitative estimate of drug-likeness (QED) is 0.862. The fourth-order valence-electron chi connectivity index (χ4n) is 1.73. The Morgan fingerprint density at radius 3 is 2.68 bits per heavy atom. The molecule has 2 aromatic rings. The molecule has 0 bridgehead atoms. The van der Waals surface area contributed by atoms with Gasteiger partial charge in [-0.05, 0) is 18.2 Å². The van der Waals surface area contributed by atoms with Crippen LogP contribution in [-0.2, 0) is 6.54 Å². The van der Waals surface area contributed by atoms with E-state index in [1.165, 1.54) is 0 Å². The van der Waals surface area contributed by atoms with Crippen molar-refractivity contribution in [3.63, 3.8) is 0 Å². The maximum Gasteiger partial charge on any atom is 0.128 e. The summed E-state index contributed by atoms with van der Waals surface area (Å²) >= 11 is 0. The first-order valence-corrected chi connectivity index (χ1v) is 5.89. The van der Waals surface area contributed by atoms with Crippen LogP contribution in [0.5, 0.6) is 11.5 Å². The first kappa shape index (κ1) is 13.0. The molecule has 1 aromatic heterocycles. The molecule has 0 saturated heterocycles. The summed E-state index contributed by atoms with van der Waals surface area (Å²) in [7, 11) is 3.26. The molecule has 0 aliphatic rings. The minimum Gasteiger partial charge on any atom is -0.497 e. The topological polar surface area (TPSA) is 69.4 Å². The van der Waals surface area contributed by atoms with Gasteiger partial charge >= 0.3 is 0 Å². The number of nitrogens with one attached hydrogen (secondary N) is 1. The van der Waals surface area contributed by atoms with Crippen LogP contribution >= 0.6 is 0 Å². The lowest BCUT2D eigenvalue weighted by Gasteiger charge is -2.11. The Kier molecular flexibility index (Phi) is 4.07. The van der Waals surface area contributed by atoms with Gasteiger partial charge in [0, 0.05) is 36.1 Å². The number of benzene rings is 1. The van der Waals surface area contributed by atoms with E-state index >= 15 is 0 Å². The van der Waals surface area contributed by atoms with E-state index in [2.05, 4.69) is 10.3 Å². The monoisotopic (exact) mass is 259 g/mol. The minimum absolute atomic E-state index is 0.601. The van der Waals surface area contributed by atoms with Crippen LogP contribution in [0.4, 0.5) is 11.5 Å². The maximum atomic E-state index is 5.70. The zero-order valence-corrected chi connectivity index (χ0v) is 11.0. The Balaban J connectivity index is 2.11. The smallest absolute Gasteiger partial charge is 0.128 e. The zero-order chi connectivity index (χ0) is 13.7. The van der Waals surface area contributed by atoms with Crippen molar-refractivity contribution in [3.8, 4) is 11.5 Å². The lowest BCUT2D eigenvalue weighted by Crippen LogP contribution is -2.03. The largest absolute Gasteiger partial charge is 0.497 e. The number of nitrogens with zero attached hydrogens (tertiary/aromatic N) is 1. The van der Waals surface area contributed by atoms with E-state index in [9.17, 15) is 0 Å². The van der Waals surface area contributed by atoms with Crippen LogP contribution in [0.25, 0.3) is 0 Å². The highest BCUT2D eigenvalue weighted by atomic mass is 16.5. The highest BCUT2D eigenvalue weighted by Crippen LogP contribution is 2.25. The Morgan fingerprint density at radius 2 is 2.00 bits per heavy atom. The molecule has 0 spiro atoms. The van der Waals surface area contributed by atoms with Crippen LogP contribution in [-0.4, -0.2) is 19.2 Å². The van der Waals surface area contributed by atoms with Crippen molar-refractivity contribution in [2.24, 2.45) is 0 Å². The highest BCUT2D eigenvalue weighted by molar-refractivity contribution is 5.49. The summed E-state index contributed by atoms with van der Waals surface area (Å²) in [6.45, 7) is 0.601. The molecule has 0 unspecified atom stereocenters. The van der Waals surface area contributed by atoms with Gasteiger partial charge in [-0.1, -0.05) is 0 Å². The van der Waals surface area contributed by atoms with Gasteiger partial charge in [-0.25, -0.2) is 4.98 Å². The molecule has 1 aromatic carbocycles. The van der Waals surface area contributed by atoms with Gasteiger partial charge < -0.3 is 20.5 Å². The zero-order valence-electron chi connectivity index (χ0n) is 11.0. The number of hydrogen-bond acceptors (Lipinski definition) is 5. The van der Waals surface area contributed by atoms with E-state index in [1.807, 2.05) is 18.2 Å². The summed E-state index contributed by atoms with van der Waals surface area (Å²) < 4.78 is 10.5. The van der Waals surface area contributed by atoms with Crippen molar-refractivity contribution in [3.05, 3.63) is 42.1 Å². The summed E-state index contributed by atoms with van der Waals surface area (Å²) in [5.41, 5.74) is 7.40. The van der Waals surface area contributed by atoms with Gasteiger partial charge in [0.15, 0.2) is 0 Å². The number of nitrogens with two attached hydrogens (primary N) is 1. The van der Waals surface area contributed by atoms with Gasteiger partial charge in [0.2, 0.25) is 0 Å². The number of hydrogen-bond donors (Lipinski definition) is 2. The first-order chi connectivity index (χ1) is 9.22. The molecule has 0 fully saturated rings. The molecule has 2 rings (SSSR count). The second-order valence-electron chi connectivity index (χ2n) is 4.01. The van der Waals surface area contributed by atoms with Crippen molar-refractivity contribution in [1.82, 2.24) is 4.98 Å². The van der Waals surface area contributed by atoms with E-state index in [1.54, 1.807) is 32.5 Å². The second kappa shape index (κ2) is 5.95. The van der Waals surface area contributed by atoms with Crippen LogP contribution < -0.4 is 20.5 Å². The number of anilines is 2. The fraction of sp³-hybridized carbons (Fsp3) is 0.214. The third-order valence-electron chi connectivity index (χ3n) is 2.74. The molecule has 19 heavy (non-hydrogen) atoms. The molecule has 0 saturated carbocycles. The van der Waals surface area contributed by atoms with Crippen LogP contribution in [0.2, 0.25) is 0 Å². The van der Waals surface area contributed by atoms with Crippen molar-refractivity contribution < 1.29 is 9.47 Å². The second-order valence-corrected chi connectivity index (χ2v) is 4.01. The number of rotatable bonds is 5. The van der Waals surface area contributed by atoms with Gasteiger partial charge in [-0.2, -0.15) is 0 Å². The van der Waals surface area contributed by atoms with Gasteiger partial charge in [-0.15, -0.1) is 0 Å². The minimum atomic E-state index is 0.601. The lowest BCUT2D eigenvalue weighted by atomic mass is 10.2. The maximum absolute atomic E-state index is 5.70. The Hall–Kier alpha value is -2.43. The third-order valence-corrected chi connectivity index (χ3v) is 2.74. The lowest BCUT2D eigenvalue weighted by molar-refractivity contribution is 0.391. The molecule has 0 atom stereocenters. The highest BCUT2D eigenvalue weighted by Gasteiger charge is 2.05. The molecular weight excluding hydrogens is 242 g/mol. The number of aromatic nitrogens is 1. The molecule has 1 heterocycles. The van der Waals surface area contributed by atoms with Crippen molar-refractivity contribution >= 4 is 11.5 Å². The van der Waals surface area contributed by atoms with E-state index in [-0.39, 0.29) is 0 Å². The summed E-state index contributed by atoms with van der Waals surface area (Å²) in [6.07, 6.45) is 1.67. The number of nitrogen functional groups attached to an aromatic ring is 1. The standard InChI is InChI=1S/C14H17N3O2/c1-18-12-4-3-10(13(8-12)19-2)9-17-14-7-11(15)5-6-16-14/h3-8H,9H2,1-2H3,(H3,15,16,17). The fourth-order valence-corrected chi connectivity index (χ4v) is 1.73. The van der Waals surface area contributed by atoms with Gasteiger partial charge in [-0.3, -0.25) is 0 Å². The van der Waals surface area contributed by atoms with Crippen molar-refractivity contribution in [2.45, 2.75) is 6.54 Å². The molecular formula is C14H17N3O2. The summed E-state index contributed by atoms with van der Waals surface area (Å²) in [4.78, 5) is 4.19. The van der Waals surface area contributed by atoms with Crippen LogP contribution in [0.1, 0.15) is 5.56 Å². The van der Waals surface area contributed by atoms with Gasteiger partial charge in [0.1, 0.15) is 17.3 Å². The molecule has 0 amide bonds. The third kappa shape index (κ3) is 3.28. The first-order valence-electron chi connectivity index (χ1n) is 5.89. The van der Waals surface area contributed by atoms with Gasteiger partial charge in [0.25, 0.3) is 0 Å². The van der Waals surface area contributed by atoms with Crippen LogP contribution in [0.3, 0.4) is 0 Å². The number of ether oxygens (including phenoxy) is 2. The molecule has 3 N–H and O–H groups in total. The van der Waals surface area contributed by atoms with Crippen LogP contribution in [0, 0.1) is 0 Å². The van der Waals surface area contributed by atoms with Crippen LogP contribution in [0.15, 0.2) is 36.5 Å². The molecule has 0 aliphatic carbocycles.